The Balaban J connectivity index is 2.39. The molecular weight excluding hydrogens is 335 g/mol. The Bertz CT molecular complexity index is 649. The molecule has 0 aromatic heterocycles. The first-order chi connectivity index (χ1) is 8.97. The summed E-state index contributed by atoms with van der Waals surface area (Å²) in [4.78, 5) is 0. The van der Waals surface area contributed by atoms with Crippen LogP contribution in [0.4, 0.5) is 4.39 Å². The van der Waals surface area contributed by atoms with Crippen LogP contribution in [0, 0.1) is 11.2 Å². The molecule has 0 amide bonds. The van der Waals surface area contributed by atoms with Crippen molar-refractivity contribution in [3.05, 3.63) is 57.3 Å². The minimum atomic E-state index is -0.441. The van der Waals surface area contributed by atoms with E-state index in [0.717, 1.165) is 0 Å². The van der Waals surface area contributed by atoms with Crippen molar-refractivity contribution >= 4 is 33.4 Å². The van der Waals surface area contributed by atoms with Crippen molar-refractivity contribution in [3.8, 4) is 11.5 Å². The van der Waals surface area contributed by atoms with E-state index in [4.69, 9.17) is 27.5 Å². The fourth-order valence-corrected chi connectivity index (χ4v) is 1.88. The molecule has 98 valence electrons. The highest BCUT2D eigenvalue weighted by molar-refractivity contribution is 9.10. The quantitative estimate of drug-likeness (QED) is 0.644. The van der Waals surface area contributed by atoms with Gasteiger partial charge in [-0.15, -0.1) is 0 Å². The molecule has 3 nitrogen and oxygen atoms in total. The van der Waals surface area contributed by atoms with Crippen molar-refractivity contribution in [3.63, 3.8) is 0 Å². The van der Waals surface area contributed by atoms with Crippen LogP contribution in [0.5, 0.6) is 11.5 Å². The van der Waals surface area contributed by atoms with Crippen LogP contribution < -0.4 is 10.5 Å². The molecule has 0 aliphatic carbocycles. The first kappa shape index (κ1) is 13.8. The molecule has 0 spiro atoms. The number of hydrogen-bond acceptors (Lipinski definition) is 2. The summed E-state index contributed by atoms with van der Waals surface area (Å²) in [6, 6.07) is 9.07. The Labute approximate surface area is 122 Å². The lowest BCUT2D eigenvalue weighted by molar-refractivity contribution is 0.475. The first-order valence-electron chi connectivity index (χ1n) is 5.24. The number of nitrogens with two attached hydrogens (primary N) is 1. The van der Waals surface area contributed by atoms with E-state index in [-0.39, 0.29) is 5.84 Å². The molecule has 3 N–H and O–H groups in total. The number of amidine groups is 1. The van der Waals surface area contributed by atoms with Gasteiger partial charge in [-0.2, -0.15) is 0 Å². The van der Waals surface area contributed by atoms with E-state index in [1.807, 2.05) is 0 Å². The van der Waals surface area contributed by atoms with Crippen LogP contribution in [-0.2, 0) is 0 Å². The van der Waals surface area contributed by atoms with Gasteiger partial charge in [0, 0.05) is 17.2 Å². The largest absolute Gasteiger partial charge is 0.456 e. The summed E-state index contributed by atoms with van der Waals surface area (Å²) in [5.74, 6) is 0.0142. The maximum absolute atomic E-state index is 13.4. The Morgan fingerprint density at radius 2 is 2.00 bits per heavy atom. The van der Waals surface area contributed by atoms with Crippen molar-refractivity contribution < 1.29 is 9.13 Å². The normalized spacial score (nSPS) is 10.3. The second-order valence-corrected chi connectivity index (χ2v) is 5.02. The van der Waals surface area contributed by atoms with E-state index in [9.17, 15) is 4.39 Å². The molecule has 0 heterocycles. The van der Waals surface area contributed by atoms with Gasteiger partial charge in [-0.05, 0) is 40.2 Å². The highest BCUT2D eigenvalue weighted by Crippen LogP contribution is 2.30. The molecule has 0 saturated carbocycles. The standard InChI is InChI=1S/C13H9BrClFN2O/c14-10-4-2-8(6-11(10)16)19-12-5-7(15)1-3-9(12)13(17)18/h1-6H,(H3,17,18). The smallest absolute Gasteiger partial charge is 0.141 e. The second kappa shape index (κ2) is 5.59. The van der Waals surface area contributed by atoms with E-state index in [0.29, 0.717) is 26.6 Å². The summed E-state index contributed by atoms with van der Waals surface area (Å²) >= 11 is 8.93. The van der Waals surface area contributed by atoms with Crippen LogP contribution in [0.1, 0.15) is 5.56 Å². The van der Waals surface area contributed by atoms with Gasteiger partial charge in [-0.1, -0.05) is 11.6 Å². The van der Waals surface area contributed by atoms with Crippen LogP contribution in [0.3, 0.4) is 0 Å². The lowest BCUT2D eigenvalue weighted by Crippen LogP contribution is -2.12. The highest BCUT2D eigenvalue weighted by Gasteiger charge is 2.10. The maximum atomic E-state index is 13.4. The number of nitrogen functional groups attached to an aromatic ring is 1. The van der Waals surface area contributed by atoms with Crippen molar-refractivity contribution in [2.75, 3.05) is 0 Å². The van der Waals surface area contributed by atoms with Crippen molar-refractivity contribution in [1.29, 1.82) is 5.41 Å². The third-order valence-corrected chi connectivity index (χ3v) is 3.23. The molecule has 0 bridgehead atoms. The van der Waals surface area contributed by atoms with Gasteiger partial charge in [0.2, 0.25) is 0 Å². The molecule has 0 atom stereocenters. The van der Waals surface area contributed by atoms with E-state index in [2.05, 4.69) is 15.9 Å². The second-order valence-electron chi connectivity index (χ2n) is 3.73. The van der Waals surface area contributed by atoms with Crippen LogP contribution in [0.2, 0.25) is 5.02 Å². The van der Waals surface area contributed by atoms with Crippen LogP contribution in [-0.4, -0.2) is 5.84 Å². The average molecular weight is 344 g/mol. The number of benzene rings is 2. The molecule has 2 aromatic rings. The van der Waals surface area contributed by atoms with Crippen LogP contribution in [0.25, 0.3) is 0 Å². The van der Waals surface area contributed by atoms with Gasteiger partial charge in [0.1, 0.15) is 23.2 Å². The zero-order valence-corrected chi connectivity index (χ0v) is 11.9. The number of halogens is 3. The first-order valence-corrected chi connectivity index (χ1v) is 6.41. The summed E-state index contributed by atoms with van der Waals surface area (Å²) in [6.45, 7) is 0. The third-order valence-electron chi connectivity index (χ3n) is 2.35. The SMILES string of the molecule is N=C(N)c1ccc(Cl)cc1Oc1ccc(Br)c(F)c1. The molecule has 19 heavy (non-hydrogen) atoms. The van der Waals surface area contributed by atoms with Gasteiger partial charge in [-0.25, -0.2) is 4.39 Å². The van der Waals surface area contributed by atoms with Gasteiger partial charge in [0.15, 0.2) is 0 Å². The van der Waals surface area contributed by atoms with E-state index < -0.39 is 5.82 Å². The zero-order valence-electron chi connectivity index (χ0n) is 9.58. The molecule has 0 aliphatic rings. The average Bonchev–Trinajstić information content (AvgIpc) is 2.33. The number of ether oxygens (including phenoxy) is 1. The molecule has 0 aliphatic heterocycles. The lowest BCUT2D eigenvalue weighted by atomic mass is 10.2. The summed E-state index contributed by atoms with van der Waals surface area (Å²) < 4.78 is 19.3. The fourth-order valence-electron chi connectivity index (χ4n) is 1.47. The molecule has 6 heteroatoms. The molecule has 0 fully saturated rings. The van der Waals surface area contributed by atoms with E-state index in [1.165, 1.54) is 18.2 Å². The Kier molecular flexibility index (Phi) is 4.07. The zero-order chi connectivity index (χ0) is 14.0. The number of nitrogens with one attached hydrogen (secondary N) is 1. The molecule has 0 radical (unpaired) electrons. The molecule has 0 saturated heterocycles. The van der Waals surface area contributed by atoms with Gasteiger partial charge in [-0.3, -0.25) is 5.41 Å². The monoisotopic (exact) mass is 342 g/mol. The topological polar surface area (TPSA) is 59.1 Å². The summed E-state index contributed by atoms with van der Waals surface area (Å²) in [6.07, 6.45) is 0. The Hall–Kier alpha value is -1.59. The fraction of sp³-hybridized carbons (Fsp3) is 0. The van der Waals surface area contributed by atoms with Crippen molar-refractivity contribution in [2.24, 2.45) is 5.73 Å². The van der Waals surface area contributed by atoms with Crippen LogP contribution >= 0.6 is 27.5 Å². The highest BCUT2D eigenvalue weighted by atomic mass is 79.9. The van der Waals surface area contributed by atoms with Crippen LogP contribution in [0.15, 0.2) is 40.9 Å². The van der Waals surface area contributed by atoms with Gasteiger partial charge in [0.25, 0.3) is 0 Å². The minimum absolute atomic E-state index is 0.149. The van der Waals surface area contributed by atoms with Gasteiger partial charge in [0.05, 0.1) is 10.0 Å². The summed E-state index contributed by atoms with van der Waals surface area (Å²) in [5, 5.41) is 7.90. The molecule has 0 unspecified atom stereocenters. The predicted octanol–water partition coefficient (Wildman–Crippen LogP) is 4.32. The number of hydrogen-bond donors (Lipinski definition) is 2. The van der Waals surface area contributed by atoms with Crippen molar-refractivity contribution in [1.82, 2.24) is 0 Å². The maximum Gasteiger partial charge on any atom is 0.141 e. The van der Waals surface area contributed by atoms with E-state index >= 15 is 0 Å². The summed E-state index contributed by atoms with van der Waals surface area (Å²) in [5.41, 5.74) is 5.85. The van der Waals surface area contributed by atoms with Gasteiger partial charge < -0.3 is 10.5 Å². The Morgan fingerprint density at radius 3 is 2.63 bits per heavy atom. The lowest BCUT2D eigenvalue weighted by Gasteiger charge is -2.11. The van der Waals surface area contributed by atoms with Crippen molar-refractivity contribution in [2.45, 2.75) is 0 Å². The third kappa shape index (κ3) is 3.24. The predicted molar refractivity (Wildman–Crippen MR) is 76.6 cm³/mol. The number of rotatable bonds is 3. The molecular formula is C13H9BrClFN2O. The summed E-state index contributed by atoms with van der Waals surface area (Å²) in [7, 11) is 0. The van der Waals surface area contributed by atoms with Gasteiger partial charge >= 0.3 is 0 Å². The minimum Gasteiger partial charge on any atom is -0.456 e. The molecule has 2 rings (SSSR count). The van der Waals surface area contributed by atoms with E-state index in [1.54, 1.807) is 18.2 Å². The molecule has 2 aromatic carbocycles. The Morgan fingerprint density at radius 1 is 1.26 bits per heavy atom.